The number of carbonyl (C=O) groups excluding carboxylic acids is 2. The highest BCUT2D eigenvalue weighted by atomic mass is 32.2. The zero-order chi connectivity index (χ0) is 21.5. The standard InChI is InChI=1S/C20H21N3O5S2/c1-12(21-18-15-5-3-4-6-17(15)30(26,27)22-18)20(25)28-13(2)19(24)23-9-7-16-14(11-23)8-10-29-16/h3-6,8,10,12-13H,7,9,11H2,1-2H3,(H,21,22)/t12-,13?/m0/s1. The molecule has 0 aliphatic carbocycles. The van der Waals surface area contributed by atoms with E-state index in [1.807, 2.05) is 11.4 Å². The third-order valence-corrected chi connectivity index (χ3v) is 7.51. The average molecular weight is 448 g/mol. The summed E-state index contributed by atoms with van der Waals surface area (Å²) < 4.78 is 32.0. The number of sulfonamides is 1. The molecule has 0 fully saturated rings. The summed E-state index contributed by atoms with van der Waals surface area (Å²) in [5.74, 6) is -0.859. The van der Waals surface area contributed by atoms with Crippen LogP contribution in [0.4, 0.5) is 0 Å². The highest BCUT2D eigenvalue weighted by Crippen LogP contribution is 2.25. The Morgan fingerprint density at radius 1 is 1.23 bits per heavy atom. The zero-order valence-electron chi connectivity index (χ0n) is 16.5. The van der Waals surface area contributed by atoms with Gasteiger partial charge in [0.25, 0.3) is 15.9 Å². The molecule has 0 saturated carbocycles. The maximum Gasteiger partial charge on any atom is 0.331 e. The molecule has 1 aromatic heterocycles. The lowest BCUT2D eigenvalue weighted by Crippen LogP contribution is -2.43. The van der Waals surface area contributed by atoms with E-state index < -0.39 is 28.1 Å². The number of fused-ring (bicyclic) bond motifs is 2. The molecule has 10 heteroatoms. The van der Waals surface area contributed by atoms with E-state index in [9.17, 15) is 18.0 Å². The number of carbonyl (C=O) groups is 2. The SMILES string of the molecule is CC(OC(=O)[C@H](C)N=C1NS(=O)(=O)c2ccccc21)C(=O)N1CCc2sccc2C1. The van der Waals surface area contributed by atoms with Crippen LogP contribution >= 0.6 is 11.3 Å². The van der Waals surface area contributed by atoms with Crippen molar-refractivity contribution in [3.63, 3.8) is 0 Å². The van der Waals surface area contributed by atoms with Gasteiger partial charge in [-0.2, -0.15) is 0 Å². The normalized spacial score (nSPS) is 20.1. The van der Waals surface area contributed by atoms with Crippen molar-refractivity contribution in [1.29, 1.82) is 0 Å². The minimum atomic E-state index is -3.69. The van der Waals surface area contributed by atoms with Gasteiger partial charge >= 0.3 is 5.97 Å². The first-order valence-corrected chi connectivity index (χ1v) is 11.9. The van der Waals surface area contributed by atoms with Gasteiger partial charge in [0.05, 0.1) is 4.90 Å². The lowest BCUT2D eigenvalue weighted by atomic mass is 10.1. The van der Waals surface area contributed by atoms with Gasteiger partial charge in [-0.1, -0.05) is 12.1 Å². The van der Waals surface area contributed by atoms with Gasteiger partial charge in [0.15, 0.2) is 6.10 Å². The Kier molecular flexibility index (Phi) is 5.37. The van der Waals surface area contributed by atoms with Crippen molar-refractivity contribution in [2.45, 2.75) is 43.9 Å². The van der Waals surface area contributed by atoms with E-state index >= 15 is 0 Å². The van der Waals surface area contributed by atoms with Crippen molar-refractivity contribution < 1.29 is 22.7 Å². The molecule has 3 heterocycles. The number of amidine groups is 1. The van der Waals surface area contributed by atoms with E-state index in [4.69, 9.17) is 4.74 Å². The number of rotatable bonds is 4. The lowest BCUT2D eigenvalue weighted by Gasteiger charge is -2.29. The molecule has 30 heavy (non-hydrogen) atoms. The second kappa shape index (κ2) is 7.84. The molecular formula is C20H21N3O5S2. The first kappa shape index (κ1) is 20.5. The van der Waals surface area contributed by atoms with Crippen molar-refractivity contribution in [2.75, 3.05) is 6.54 Å². The van der Waals surface area contributed by atoms with Gasteiger partial charge in [0, 0.05) is 23.5 Å². The van der Waals surface area contributed by atoms with E-state index in [2.05, 4.69) is 9.71 Å². The summed E-state index contributed by atoms with van der Waals surface area (Å²) in [4.78, 5) is 32.5. The minimum Gasteiger partial charge on any atom is -0.451 e. The fraction of sp³-hybridized carbons (Fsp3) is 0.350. The maximum atomic E-state index is 12.7. The van der Waals surface area contributed by atoms with Crippen LogP contribution in [0.2, 0.25) is 0 Å². The lowest BCUT2D eigenvalue weighted by molar-refractivity contribution is -0.160. The van der Waals surface area contributed by atoms with E-state index in [-0.39, 0.29) is 16.6 Å². The van der Waals surface area contributed by atoms with Gasteiger partial charge in [-0.05, 0) is 49.4 Å². The number of thiophene rings is 1. The predicted molar refractivity (Wildman–Crippen MR) is 112 cm³/mol. The van der Waals surface area contributed by atoms with Crippen molar-refractivity contribution in [2.24, 2.45) is 4.99 Å². The van der Waals surface area contributed by atoms with Gasteiger partial charge in [0.1, 0.15) is 11.9 Å². The van der Waals surface area contributed by atoms with Gasteiger partial charge in [-0.15, -0.1) is 11.3 Å². The maximum absolute atomic E-state index is 12.7. The fourth-order valence-corrected chi connectivity index (χ4v) is 5.62. The predicted octanol–water partition coefficient (Wildman–Crippen LogP) is 1.69. The largest absolute Gasteiger partial charge is 0.451 e. The Morgan fingerprint density at radius 2 is 2.00 bits per heavy atom. The van der Waals surface area contributed by atoms with E-state index in [0.29, 0.717) is 18.7 Å². The second-order valence-electron chi connectivity index (χ2n) is 7.21. The Morgan fingerprint density at radius 3 is 2.80 bits per heavy atom. The molecule has 2 atom stereocenters. The highest BCUT2D eigenvalue weighted by molar-refractivity contribution is 7.90. The molecule has 1 aromatic carbocycles. The van der Waals surface area contributed by atoms with Crippen LogP contribution in [-0.2, 0) is 37.3 Å². The first-order valence-electron chi connectivity index (χ1n) is 9.51. The minimum absolute atomic E-state index is 0.0926. The third kappa shape index (κ3) is 3.84. The molecule has 4 rings (SSSR count). The van der Waals surface area contributed by atoms with Gasteiger partial charge in [-0.3, -0.25) is 14.5 Å². The topological polar surface area (TPSA) is 105 Å². The molecule has 1 amide bonds. The summed E-state index contributed by atoms with van der Waals surface area (Å²) in [6.45, 7) is 4.14. The molecule has 8 nitrogen and oxygen atoms in total. The molecule has 0 spiro atoms. The van der Waals surface area contributed by atoms with E-state index in [1.54, 1.807) is 34.4 Å². The number of hydrogen-bond donors (Lipinski definition) is 1. The van der Waals surface area contributed by atoms with Crippen molar-refractivity contribution in [3.05, 3.63) is 51.7 Å². The Labute approximate surface area is 178 Å². The number of benzene rings is 1. The van der Waals surface area contributed by atoms with Crippen LogP contribution in [-0.4, -0.2) is 49.7 Å². The van der Waals surface area contributed by atoms with Crippen LogP contribution in [0.1, 0.15) is 29.9 Å². The number of aliphatic imine (C=N–C) groups is 1. The molecule has 1 N–H and O–H groups in total. The highest BCUT2D eigenvalue weighted by Gasteiger charge is 2.32. The van der Waals surface area contributed by atoms with Crippen LogP contribution in [0.15, 0.2) is 45.6 Å². The summed E-state index contributed by atoms with van der Waals surface area (Å²) in [7, 11) is -3.69. The van der Waals surface area contributed by atoms with Gasteiger partial charge in [0.2, 0.25) is 0 Å². The van der Waals surface area contributed by atoms with Gasteiger partial charge in [-0.25, -0.2) is 13.2 Å². The summed E-state index contributed by atoms with van der Waals surface area (Å²) in [6, 6.07) is 7.43. The number of hydrogen-bond acceptors (Lipinski definition) is 7. The number of esters is 1. The van der Waals surface area contributed by atoms with Gasteiger partial charge < -0.3 is 9.64 Å². The second-order valence-corrected chi connectivity index (χ2v) is 9.86. The van der Waals surface area contributed by atoms with Crippen LogP contribution < -0.4 is 4.72 Å². The number of amides is 1. The van der Waals surface area contributed by atoms with Crippen molar-refractivity contribution in [3.8, 4) is 0 Å². The van der Waals surface area contributed by atoms with E-state index in [1.165, 1.54) is 24.8 Å². The number of nitrogens with zero attached hydrogens (tertiary/aromatic N) is 2. The Bertz CT molecular complexity index is 1140. The number of nitrogens with one attached hydrogen (secondary N) is 1. The Balaban J connectivity index is 1.42. The molecule has 0 radical (unpaired) electrons. The van der Waals surface area contributed by atoms with Crippen molar-refractivity contribution >= 4 is 39.1 Å². The molecule has 158 valence electrons. The number of ether oxygens (including phenoxy) is 1. The molecule has 2 aliphatic rings. The molecular weight excluding hydrogens is 426 g/mol. The zero-order valence-corrected chi connectivity index (χ0v) is 18.1. The summed E-state index contributed by atoms with van der Waals surface area (Å²) >= 11 is 1.69. The molecule has 2 aromatic rings. The third-order valence-electron chi connectivity index (χ3n) is 5.09. The van der Waals surface area contributed by atoms with Crippen LogP contribution in [0.25, 0.3) is 0 Å². The van der Waals surface area contributed by atoms with Crippen LogP contribution in [0, 0.1) is 0 Å². The summed E-state index contributed by atoms with van der Waals surface area (Å²) in [5, 5.41) is 2.01. The van der Waals surface area contributed by atoms with Crippen molar-refractivity contribution in [1.82, 2.24) is 9.62 Å². The first-order chi connectivity index (χ1) is 14.3. The smallest absolute Gasteiger partial charge is 0.331 e. The van der Waals surface area contributed by atoms with E-state index in [0.717, 1.165) is 12.0 Å². The quantitative estimate of drug-likeness (QED) is 0.718. The molecule has 0 bridgehead atoms. The van der Waals surface area contributed by atoms with Crippen LogP contribution in [0.3, 0.4) is 0 Å². The molecule has 0 saturated heterocycles. The fourth-order valence-electron chi connectivity index (χ4n) is 3.49. The molecule has 2 aliphatic heterocycles. The molecule has 1 unspecified atom stereocenters. The monoisotopic (exact) mass is 447 g/mol. The Hall–Kier alpha value is -2.72. The van der Waals surface area contributed by atoms with Crippen LogP contribution in [0.5, 0.6) is 0 Å². The summed E-state index contributed by atoms with van der Waals surface area (Å²) in [6.07, 6.45) is -0.156. The summed E-state index contributed by atoms with van der Waals surface area (Å²) in [5.41, 5.74) is 1.53. The average Bonchev–Trinajstić information content (AvgIpc) is 3.29.